The Bertz CT molecular complexity index is 582. The van der Waals surface area contributed by atoms with E-state index < -0.39 is 0 Å². The molecule has 0 aliphatic heterocycles. The van der Waals surface area contributed by atoms with Crippen LogP contribution in [0.3, 0.4) is 0 Å². The summed E-state index contributed by atoms with van der Waals surface area (Å²) < 4.78 is 19.6. The predicted octanol–water partition coefficient (Wildman–Crippen LogP) is 3.70. The van der Waals surface area contributed by atoms with Gasteiger partial charge < -0.3 is 15.4 Å². The van der Waals surface area contributed by atoms with Crippen molar-refractivity contribution in [1.82, 2.24) is 10.6 Å². The Morgan fingerprint density at radius 2 is 1.92 bits per heavy atom. The van der Waals surface area contributed by atoms with Crippen molar-refractivity contribution in [3.05, 3.63) is 35.6 Å². The Kier molecular flexibility index (Phi) is 8.12. The van der Waals surface area contributed by atoms with Crippen molar-refractivity contribution in [2.24, 2.45) is 10.4 Å². The van der Waals surface area contributed by atoms with E-state index in [9.17, 15) is 4.39 Å². The van der Waals surface area contributed by atoms with Crippen LogP contribution in [0, 0.1) is 11.2 Å². The summed E-state index contributed by atoms with van der Waals surface area (Å²) in [6.07, 6.45) is 2.08. The van der Waals surface area contributed by atoms with E-state index in [1.165, 1.54) is 6.07 Å². The number of nitrogens with one attached hydrogen (secondary N) is 2. The van der Waals surface area contributed by atoms with Crippen LogP contribution in [0.2, 0.25) is 0 Å². The lowest BCUT2D eigenvalue weighted by molar-refractivity contribution is 0.0205. The molecule has 0 saturated heterocycles. The molecule has 25 heavy (non-hydrogen) atoms. The van der Waals surface area contributed by atoms with Crippen LogP contribution in [0.25, 0.3) is 0 Å². The predicted molar refractivity (Wildman–Crippen MR) is 112 cm³/mol. The lowest BCUT2D eigenvalue weighted by Crippen LogP contribution is -2.47. The van der Waals surface area contributed by atoms with E-state index in [0.717, 1.165) is 24.4 Å². The van der Waals surface area contributed by atoms with Crippen molar-refractivity contribution in [1.29, 1.82) is 0 Å². The van der Waals surface area contributed by atoms with Gasteiger partial charge in [-0.05, 0) is 29.9 Å². The molecule has 1 atom stereocenters. The number of methoxy groups -OCH3 is 1. The van der Waals surface area contributed by atoms with E-state index in [1.807, 2.05) is 12.1 Å². The molecule has 6 heteroatoms. The summed E-state index contributed by atoms with van der Waals surface area (Å²) >= 11 is 0. The molecule has 0 aromatic heterocycles. The average molecular weight is 463 g/mol. The van der Waals surface area contributed by atoms with Crippen molar-refractivity contribution in [2.45, 2.75) is 45.1 Å². The first kappa shape index (κ1) is 22.2. The summed E-state index contributed by atoms with van der Waals surface area (Å²) in [5.74, 6) is 0.607. The third kappa shape index (κ3) is 5.81. The van der Waals surface area contributed by atoms with Gasteiger partial charge in [-0.25, -0.2) is 4.39 Å². The first-order chi connectivity index (χ1) is 11.3. The zero-order valence-electron chi connectivity index (χ0n) is 15.9. The molecule has 142 valence electrons. The summed E-state index contributed by atoms with van der Waals surface area (Å²) in [6.45, 7) is 7.80. The molecule has 1 unspecified atom stereocenters. The zero-order chi connectivity index (χ0) is 17.8. The monoisotopic (exact) mass is 463 g/mol. The average Bonchev–Trinajstić information content (AvgIpc) is 3.31. The highest BCUT2D eigenvalue weighted by Crippen LogP contribution is 2.48. The Labute approximate surface area is 168 Å². The van der Waals surface area contributed by atoms with Crippen molar-refractivity contribution < 1.29 is 9.13 Å². The number of guanidine groups is 1. The summed E-state index contributed by atoms with van der Waals surface area (Å²) in [5, 5.41) is 6.66. The van der Waals surface area contributed by atoms with Crippen LogP contribution in [0.1, 0.15) is 39.2 Å². The molecule has 1 fully saturated rings. The highest BCUT2D eigenvalue weighted by molar-refractivity contribution is 14.0. The molecule has 2 N–H and O–H groups in total. The summed E-state index contributed by atoms with van der Waals surface area (Å²) in [6, 6.07) is 7.06. The molecule has 0 amide bonds. The molecule has 1 aliphatic rings. The summed E-state index contributed by atoms with van der Waals surface area (Å²) in [4.78, 5) is 4.27. The van der Waals surface area contributed by atoms with E-state index in [1.54, 1.807) is 20.2 Å². The number of hydrogen-bond donors (Lipinski definition) is 2. The largest absolute Gasteiger partial charge is 0.379 e. The fourth-order valence-electron chi connectivity index (χ4n) is 2.99. The Balaban J connectivity index is 0.00000312. The van der Waals surface area contributed by atoms with Crippen molar-refractivity contribution in [2.75, 3.05) is 27.2 Å². The van der Waals surface area contributed by atoms with Gasteiger partial charge in [-0.2, -0.15) is 0 Å². The minimum Gasteiger partial charge on any atom is -0.379 e. The van der Waals surface area contributed by atoms with Gasteiger partial charge in [0.2, 0.25) is 0 Å². The highest BCUT2D eigenvalue weighted by atomic mass is 127. The van der Waals surface area contributed by atoms with Gasteiger partial charge in [-0.3, -0.25) is 4.99 Å². The van der Waals surface area contributed by atoms with E-state index >= 15 is 0 Å². The number of halogens is 2. The van der Waals surface area contributed by atoms with Gasteiger partial charge in [0.25, 0.3) is 0 Å². The van der Waals surface area contributed by atoms with Gasteiger partial charge in [-0.15, -0.1) is 24.0 Å². The van der Waals surface area contributed by atoms with E-state index in [4.69, 9.17) is 4.74 Å². The number of ether oxygens (including phenoxy) is 1. The van der Waals surface area contributed by atoms with Gasteiger partial charge in [0, 0.05) is 32.7 Å². The molecule has 1 aromatic rings. The first-order valence-electron chi connectivity index (χ1n) is 8.55. The zero-order valence-corrected chi connectivity index (χ0v) is 18.2. The quantitative estimate of drug-likeness (QED) is 0.384. The molecule has 4 nitrogen and oxygen atoms in total. The van der Waals surface area contributed by atoms with Crippen LogP contribution in [0.4, 0.5) is 4.39 Å². The minimum absolute atomic E-state index is 0. The highest BCUT2D eigenvalue weighted by Gasteiger charge is 2.45. The third-order valence-electron chi connectivity index (χ3n) is 4.82. The molecular weight excluding hydrogens is 432 g/mol. The van der Waals surface area contributed by atoms with Crippen LogP contribution in [-0.2, 0) is 10.2 Å². The molecule has 2 rings (SSSR count). The third-order valence-corrected chi connectivity index (χ3v) is 4.82. The topological polar surface area (TPSA) is 45.7 Å². The van der Waals surface area contributed by atoms with Crippen LogP contribution in [0.15, 0.2) is 29.3 Å². The Morgan fingerprint density at radius 3 is 2.40 bits per heavy atom. The molecule has 0 spiro atoms. The minimum atomic E-state index is -0.119. The second-order valence-corrected chi connectivity index (χ2v) is 7.66. The molecule has 1 saturated carbocycles. The summed E-state index contributed by atoms with van der Waals surface area (Å²) in [5.41, 5.74) is 0.747. The van der Waals surface area contributed by atoms with Crippen LogP contribution >= 0.6 is 24.0 Å². The number of rotatable bonds is 6. The number of hydrogen-bond acceptors (Lipinski definition) is 2. The maximum atomic E-state index is 14.1. The summed E-state index contributed by atoms with van der Waals surface area (Å²) in [7, 11) is 3.47. The van der Waals surface area contributed by atoms with Crippen LogP contribution in [0.5, 0.6) is 0 Å². The second kappa shape index (κ2) is 9.16. The molecule has 0 bridgehead atoms. The lowest BCUT2D eigenvalue weighted by Gasteiger charge is -2.30. The Hall–Kier alpha value is -0.890. The first-order valence-corrected chi connectivity index (χ1v) is 8.55. The molecular formula is C19H31FIN3O. The fraction of sp³-hybridized carbons (Fsp3) is 0.632. The standard InChI is InChI=1S/C19H30FN3O.HI/c1-18(2,3)16(24-5)12-22-17(21-4)23-13-19(10-11-19)14-8-6-7-9-15(14)20;/h6-9,16H,10-13H2,1-5H3,(H2,21,22,23);1H. The van der Waals surface area contributed by atoms with Gasteiger partial charge in [0.15, 0.2) is 5.96 Å². The van der Waals surface area contributed by atoms with Gasteiger partial charge in [0.05, 0.1) is 6.10 Å². The Morgan fingerprint density at radius 1 is 1.28 bits per heavy atom. The van der Waals surface area contributed by atoms with E-state index in [2.05, 4.69) is 36.4 Å². The smallest absolute Gasteiger partial charge is 0.191 e. The number of benzene rings is 1. The SMILES string of the molecule is CN=C(NCC(OC)C(C)(C)C)NCC1(c2ccccc2F)CC1.I. The van der Waals surface area contributed by atoms with Crippen molar-refractivity contribution >= 4 is 29.9 Å². The molecule has 1 aliphatic carbocycles. The number of aliphatic imine (C=N–C) groups is 1. The molecule has 1 aromatic carbocycles. The van der Waals surface area contributed by atoms with Crippen LogP contribution in [-0.4, -0.2) is 39.3 Å². The van der Waals surface area contributed by atoms with E-state index in [0.29, 0.717) is 13.1 Å². The number of nitrogens with zero attached hydrogens (tertiary/aromatic N) is 1. The van der Waals surface area contributed by atoms with Gasteiger partial charge >= 0.3 is 0 Å². The van der Waals surface area contributed by atoms with E-state index in [-0.39, 0.29) is 46.7 Å². The maximum absolute atomic E-state index is 14.1. The lowest BCUT2D eigenvalue weighted by atomic mass is 9.89. The van der Waals surface area contributed by atoms with Gasteiger partial charge in [-0.1, -0.05) is 39.0 Å². The van der Waals surface area contributed by atoms with Crippen molar-refractivity contribution in [3.8, 4) is 0 Å². The van der Waals surface area contributed by atoms with Crippen LogP contribution < -0.4 is 10.6 Å². The maximum Gasteiger partial charge on any atom is 0.191 e. The molecule has 0 radical (unpaired) electrons. The van der Waals surface area contributed by atoms with Gasteiger partial charge in [0.1, 0.15) is 5.82 Å². The fourth-order valence-corrected chi connectivity index (χ4v) is 2.99. The van der Waals surface area contributed by atoms with Crippen molar-refractivity contribution in [3.63, 3.8) is 0 Å². The normalized spacial score (nSPS) is 17.4. The second-order valence-electron chi connectivity index (χ2n) is 7.66. The molecule has 0 heterocycles.